The summed E-state index contributed by atoms with van der Waals surface area (Å²) in [6.45, 7) is 6.09. The van der Waals surface area contributed by atoms with Crippen LogP contribution in [0, 0.1) is 11.6 Å². The van der Waals surface area contributed by atoms with Crippen LogP contribution >= 0.6 is 0 Å². The van der Waals surface area contributed by atoms with Gasteiger partial charge >= 0.3 is 0 Å². The summed E-state index contributed by atoms with van der Waals surface area (Å²) in [5.74, 6) is 0.616. The molecule has 0 aliphatic carbocycles. The number of halogens is 2. The third-order valence-corrected chi connectivity index (χ3v) is 5.56. The Balaban J connectivity index is 0.000000223. The minimum Gasteiger partial charge on any atom is -0.457 e. The van der Waals surface area contributed by atoms with E-state index in [2.05, 4.69) is 15.5 Å². The normalized spacial score (nSPS) is 13.9. The molecule has 0 bridgehead atoms. The smallest absolute Gasteiger partial charge is 0.234 e. The number of carbonyl (C=O) groups is 2. The first-order valence-electron chi connectivity index (χ1n) is 12.6. The van der Waals surface area contributed by atoms with Gasteiger partial charge < -0.3 is 24.8 Å². The molecule has 3 aromatic carbocycles. The molecule has 1 aliphatic rings. The van der Waals surface area contributed by atoms with E-state index in [9.17, 15) is 18.4 Å². The molecule has 8 nitrogen and oxygen atoms in total. The fourth-order valence-corrected chi connectivity index (χ4v) is 3.58. The molecule has 1 unspecified atom stereocenters. The molecule has 0 radical (unpaired) electrons. The molecule has 1 aliphatic heterocycles. The minimum atomic E-state index is -0.303. The van der Waals surface area contributed by atoms with Crippen molar-refractivity contribution in [3.63, 3.8) is 0 Å². The summed E-state index contributed by atoms with van der Waals surface area (Å²) in [7, 11) is 0. The van der Waals surface area contributed by atoms with Crippen molar-refractivity contribution >= 4 is 18.0 Å². The number of hydrogen-bond acceptors (Lipinski definition) is 6. The van der Waals surface area contributed by atoms with Crippen LogP contribution in [0.15, 0.2) is 72.8 Å². The first-order chi connectivity index (χ1) is 18.9. The van der Waals surface area contributed by atoms with Crippen molar-refractivity contribution in [1.82, 2.24) is 10.2 Å². The van der Waals surface area contributed by atoms with E-state index in [4.69, 9.17) is 14.2 Å². The highest BCUT2D eigenvalue weighted by molar-refractivity contribution is 5.78. The van der Waals surface area contributed by atoms with E-state index in [1.165, 1.54) is 24.3 Å². The molecule has 0 saturated carbocycles. The molecule has 10 heteroatoms. The Hall–Kier alpha value is -3.86. The maximum Gasteiger partial charge on any atom is 0.234 e. The van der Waals surface area contributed by atoms with Gasteiger partial charge in [-0.1, -0.05) is 12.1 Å². The molecule has 2 amide bonds. The number of anilines is 1. The van der Waals surface area contributed by atoms with Gasteiger partial charge in [0.15, 0.2) is 0 Å². The number of nitrogens with one attached hydrogen (secondary N) is 2. The molecule has 1 heterocycles. The van der Waals surface area contributed by atoms with Gasteiger partial charge in [-0.15, -0.1) is 0 Å². The topological polar surface area (TPSA) is 89.1 Å². The summed E-state index contributed by atoms with van der Waals surface area (Å²) in [5, 5.41) is 5.44. The fourth-order valence-electron chi connectivity index (χ4n) is 3.58. The van der Waals surface area contributed by atoms with Crippen LogP contribution in [0.25, 0.3) is 0 Å². The molecular weight excluding hydrogens is 508 g/mol. The monoisotopic (exact) mass is 541 g/mol. The quantitative estimate of drug-likeness (QED) is 0.351. The van der Waals surface area contributed by atoms with E-state index in [0.29, 0.717) is 56.6 Å². The lowest BCUT2D eigenvalue weighted by Crippen LogP contribution is -2.46. The van der Waals surface area contributed by atoms with Crippen LogP contribution in [0.4, 0.5) is 14.5 Å². The molecule has 3 aromatic rings. The molecule has 0 spiro atoms. The second-order valence-corrected chi connectivity index (χ2v) is 8.84. The second kappa shape index (κ2) is 16.2. The third kappa shape index (κ3) is 11.6. The van der Waals surface area contributed by atoms with Crippen LogP contribution in [-0.2, 0) is 25.7 Å². The summed E-state index contributed by atoms with van der Waals surface area (Å²) >= 11 is 0. The van der Waals surface area contributed by atoms with Gasteiger partial charge in [-0.05, 0) is 73.2 Å². The molecule has 2 N–H and O–H groups in total. The van der Waals surface area contributed by atoms with Crippen molar-refractivity contribution in [3.05, 3.63) is 90.0 Å². The van der Waals surface area contributed by atoms with Gasteiger partial charge in [-0.3, -0.25) is 14.5 Å². The Morgan fingerprint density at radius 2 is 1.51 bits per heavy atom. The lowest BCUT2D eigenvalue weighted by atomic mass is 10.2. The van der Waals surface area contributed by atoms with Gasteiger partial charge in [0.1, 0.15) is 23.1 Å². The van der Waals surface area contributed by atoms with Crippen LogP contribution in [0.2, 0.25) is 0 Å². The zero-order chi connectivity index (χ0) is 27.9. The number of nitrogens with zero attached hydrogens (tertiary/aromatic N) is 1. The van der Waals surface area contributed by atoms with E-state index in [1.54, 1.807) is 48.5 Å². The van der Waals surface area contributed by atoms with E-state index >= 15 is 0 Å². The van der Waals surface area contributed by atoms with Crippen LogP contribution in [-0.4, -0.2) is 62.7 Å². The molecule has 0 aromatic heterocycles. The van der Waals surface area contributed by atoms with Crippen LogP contribution in [0.5, 0.6) is 11.5 Å². The highest BCUT2D eigenvalue weighted by Crippen LogP contribution is 2.22. The molecule has 4 rings (SSSR count). The first-order valence-corrected chi connectivity index (χ1v) is 12.6. The Morgan fingerprint density at radius 3 is 2.10 bits per heavy atom. The van der Waals surface area contributed by atoms with Gasteiger partial charge in [0.2, 0.25) is 12.3 Å². The Labute approximate surface area is 226 Å². The highest BCUT2D eigenvalue weighted by atomic mass is 19.1. The first kappa shape index (κ1) is 29.7. The maximum atomic E-state index is 12.8. The number of amides is 2. The Bertz CT molecular complexity index is 1140. The molecule has 1 fully saturated rings. The van der Waals surface area contributed by atoms with Gasteiger partial charge in [0.25, 0.3) is 0 Å². The standard InChI is InChI=1S/C16H23FN2O3.C13H10FNO2/c1-13(11-22-12-14-2-4-15(17)5-3-14)18-16(20)10-19-6-8-21-9-7-19;14-10-1-5-12(6-2-10)17-13-7-3-11(4-8-13)15-9-16/h2-5,13H,6-12H2,1H3,(H,18,20);1-9H,(H,15,16). The molecule has 208 valence electrons. The lowest BCUT2D eigenvalue weighted by molar-refractivity contribution is -0.124. The number of ether oxygens (including phenoxy) is 3. The Morgan fingerprint density at radius 1 is 0.949 bits per heavy atom. The summed E-state index contributed by atoms with van der Waals surface area (Å²) in [6, 6.07) is 18.8. The van der Waals surface area contributed by atoms with Gasteiger partial charge in [0.05, 0.1) is 33.0 Å². The number of carbonyl (C=O) groups excluding carboxylic acids is 2. The van der Waals surface area contributed by atoms with Gasteiger partial charge in [-0.2, -0.15) is 0 Å². The number of hydrogen-bond donors (Lipinski definition) is 2. The number of morpholine rings is 1. The van der Waals surface area contributed by atoms with Crippen molar-refractivity contribution < 1.29 is 32.6 Å². The van der Waals surface area contributed by atoms with Crippen LogP contribution < -0.4 is 15.4 Å². The average molecular weight is 542 g/mol. The fraction of sp³-hybridized carbons (Fsp3) is 0.310. The SMILES string of the molecule is CC(COCc1ccc(F)cc1)NC(=O)CN1CCOCC1.O=CNc1ccc(Oc2ccc(F)cc2)cc1. The average Bonchev–Trinajstić information content (AvgIpc) is 2.93. The second-order valence-electron chi connectivity index (χ2n) is 8.84. The summed E-state index contributed by atoms with van der Waals surface area (Å²) < 4.78 is 41.7. The zero-order valence-corrected chi connectivity index (χ0v) is 21.8. The molecule has 1 saturated heterocycles. The summed E-state index contributed by atoms with van der Waals surface area (Å²) in [4.78, 5) is 24.2. The van der Waals surface area contributed by atoms with E-state index in [-0.39, 0.29) is 23.6 Å². The predicted octanol–water partition coefficient (Wildman–Crippen LogP) is 4.37. The van der Waals surface area contributed by atoms with Crippen molar-refractivity contribution in [2.24, 2.45) is 0 Å². The van der Waals surface area contributed by atoms with Crippen molar-refractivity contribution in [3.8, 4) is 11.5 Å². The van der Waals surface area contributed by atoms with Crippen molar-refractivity contribution in [2.45, 2.75) is 19.6 Å². The largest absolute Gasteiger partial charge is 0.457 e. The summed E-state index contributed by atoms with van der Waals surface area (Å²) in [6.07, 6.45) is 0.607. The van der Waals surface area contributed by atoms with E-state index in [1.807, 2.05) is 6.92 Å². The zero-order valence-electron chi connectivity index (χ0n) is 21.8. The molecule has 39 heavy (non-hydrogen) atoms. The highest BCUT2D eigenvalue weighted by Gasteiger charge is 2.15. The lowest BCUT2D eigenvalue weighted by Gasteiger charge is -2.26. The van der Waals surface area contributed by atoms with Crippen LogP contribution in [0.3, 0.4) is 0 Å². The Kier molecular flexibility index (Phi) is 12.3. The molecular formula is C29H33F2N3O5. The van der Waals surface area contributed by atoms with Gasteiger partial charge in [0, 0.05) is 24.8 Å². The van der Waals surface area contributed by atoms with Gasteiger partial charge in [-0.25, -0.2) is 8.78 Å². The molecule has 1 atom stereocenters. The predicted molar refractivity (Wildman–Crippen MR) is 144 cm³/mol. The van der Waals surface area contributed by atoms with Crippen molar-refractivity contribution in [1.29, 1.82) is 0 Å². The van der Waals surface area contributed by atoms with Crippen molar-refractivity contribution in [2.75, 3.05) is 44.8 Å². The minimum absolute atomic E-state index is 0.000202. The third-order valence-electron chi connectivity index (χ3n) is 5.56. The van der Waals surface area contributed by atoms with Crippen LogP contribution in [0.1, 0.15) is 12.5 Å². The summed E-state index contributed by atoms with van der Waals surface area (Å²) in [5.41, 5.74) is 1.60. The maximum absolute atomic E-state index is 12.8. The van der Waals surface area contributed by atoms with E-state index in [0.717, 1.165) is 18.7 Å². The van der Waals surface area contributed by atoms with E-state index < -0.39 is 0 Å². The number of benzene rings is 3. The number of rotatable bonds is 11.